The molecular formula is C20H39IN6. The average molecular weight is 490 g/mol. The standard InChI is InChI=1S/C20H38N6.HI/c1-5-21-20(22-12-9-7-6-8-10-13-24(2)3)26-14-11-18(17-26)19-15-23-25(4)16-19;/h15-16,18H,5-14,17H2,1-4H3,(H,21,22);1H. The van der Waals surface area contributed by atoms with Gasteiger partial charge in [0.15, 0.2) is 5.96 Å². The molecule has 0 aliphatic carbocycles. The normalized spacial score (nSPS) is 17.4. The molecule has 156 valence electrons. The summed E-state index contributed by atoms with van der Waals surface area (Å²) < 4.78 is 1.90. The average Bonchev–Trinajstić information content (AvgIpc) is 3.25. The smallest absolute Gasteiger partial charge is 0.193 e. The van der Waals surface area contributed by atoms with Crippen molar-refractivity contribution < 1.29 is 0 Å². The fraction of sp³-hybridized carbons (Fsp3) is 0.800. The van der Waals surface area contributed by atoms with Crippen LogP contribution in [0.3, 0.4) is 0 Å². The number of likely N-dealkylation sites (tertiary alicyclic amines) is 1. The van der Waals surface area contributed by atoms with Gasteiger partial charge in [0.2, 0.25) is 0 Å². The number of aromatic nitrogens is 2. The van der Waals surface area contributed by atoms with Gasteiger partial charge in [-0.15, -0.1) is 24.0 Å². The third kappa shape index (κ3) is 8.81. The Morgan fingerprint density at radius 3 is 2.67 bits per heavy atom. The van der Waals surface area contributed by atoms with Crippen LogP contribution in [-0.4, -0.2) is 72.4 Å². The van der Waals surface area contributed by atoms with E-state index in [1.807, 2.05) is 17.9 Å². The maximum absolute atomic E-state index is 4.88. The lowest BCUT2D eigenvalue weighted by atomic mass is 10.0. The van der Waals surface area contributed by atoms with Gasteiger partial charge in [-0.05, 0) is 52.4 Å². The van der Waals surface area contributed by atoms with Crippen LogP contribution in [0.25, 0.3) is 0 Å². The van der Waals surface area contributed by atoms with E-state index in [4.69, 9.17) is 4.99 Å². The summed E-state index contributed by atoms with van der Waals surface area (Å²) in [7, 11) is 6.28. The summed E-state index contributed by atoms with van der Waals surface area (Å²) in [5, 5.41) is 7.79. The Balaban J connectivity index is 0.00000364. The van der Waals surface area contributed by atoms with Crippen LogP contribution in [0.5, 0.6) is 0 Å². The first-order valence-electron chi connectivity index (χ1n) is 10.3. The van der Waals surface area contributed by atoms with Crippen LogP contribution in [0.15, 0.2) is 17.4 Å². The van der Waals surface area contributed by atoms with Gasteiger partial charge in [0, 0.05) is 45.3 Å². The molecule has 0 spiro atoms. The van der Waals surface area contributed by atoms with E-state index in [2.05, 4.69) is 47.4 Å². The molecule has 7 heteroatoms. The second-order valence-corrected chi connectivity index (χ2v) is 7.69. The first-order chi connectivity index (χ1) is 12.6. The van der Waals surface area contributed by atoms with Crippen LogP contribution >= 0.6 is 24.0 Å². The molecule has 1 saturated heterocycles. The number of unbranched alkanes of at least 4 members (excludes halogenated alkanes) is 4. The summed E-state index contributed by atoms with van der Waals surface area (Å²) in [4.78, 5) is 9.56. The molecule has 6 nitrogen and oxygen atoms in total. The first-order valence-corrected chi connectivity index (χ1v) is 10.3. The molecule has 1 aromatic rings. The molecule has 0 saturated carbocycles. The number of hydrogen-bond acceptors (Lipinski definition) is 3. The lowest BCUT2D eigenvalue weighted by molar-refractivity contribution is 0.390. The minimum Gasteiger partial charge on any atom is -0.357 e. The van der Waals surface area contributed by atoms with E-state index in [-0.39, 0.29) is 24.0 Å². The number of nitrogens with one attached hydrogen (secondary N) is 1. The lowest BCUT2D eigenvalue weighted by Crippen LogP contribution is -2.40. The largest absolute Gasteiger partial charge is 0.357 e. The molecule has 1 unspecified atom stereocenters. The highest BCUT2D eigenvalue weighted by Gasteiger charge is 2.26. The molecule has 0 radical (unpaired) electrons. The molecule has 1 aromatic heterocycles. The third-order valence-electron chi connectivity index (χ3n) is 5.04. The van der Waals surface area contributed by atoms with Gasteiger partial charge in [-0.3, -0.25) is 9.67 Å². The Morgan fingerprint density at radius 1 is 1.26 bits per heavy atom. The van der Waals surface area contributed by atoms with Gasteiger partial charge in [0.25, 0.3) is 0 Å². The van der Waals surface area contributed by atoms with Crippen molar-refractivity contribution in [1.29, 1.82) is 0 Å². The first kappa shape index (κ1) is 24.2. The number of aliphatic imine (C=N–C) groups is 1. The molecule has 1 fully saturated rings. The van der Waals surface area contributed by atoms with Crippen LogP contribution in [0.4, 0.5) is 0 Å². The van der Waals surface area contributed by atoms with Gasteiger partial charge in [0.05, 0.1) is 6.20 Å². The zero-order chi connectivity index (χ0) is 18.8. The second kappa shape index (κ2) is 13.4. The Kier molecular flexibility index (Phi) is 12.0. The Labute approximate surface area is 182 Å². The number of aryl methyl sites for hydroxylation is 1. The maximum atomic E-state index is 4.88. The van der Waals surface area contributed by atoms with Crippen molar-refractivity contribution in [2.45, 2.75) is 51.4 Å². The molecule has 1 atom stereocenters. The monoisotopic (exact) mass is 490 g/mol. The van der Waals surface area contributed by atoms with Crippen molar-refractivity contribution in [3.05, 3.63) is 18.0 Å². The fourth-order valence-corrected chi connectivity index (χ4v) is 3.56. The molecule has 2 rings (SSSR count). The van der Waals surface area contributed by atoms with Gasteiger partial charge in [-0.2, -0.15) is 5.10 Å². The molecule has 2 heterocycles. The van der Waals surface area contributed by atoms with Gasteiger partial charge in [-0.1, -0.05) is 19.3 Å². The number of rotatable bonds is 10. The molecule has 27 heavy (non-hydrogen) atoms. The summed E-state index contributed by atoms with van der Waals surface area (Å²) in [6.45, 7) is 7.34. The van der Waals surface area contributed by atoms with Gasteiger partial charge in [0.1, 0.15) is 0 Å². The van der Waals surface area contributed by atoms with Crippen molar-refractivity contribution in [1.82, 2.24) is 24.9 Å². The Bertz CT molecular complexity index is 542. The third-order valence-corrected chi connectivity index (χ3v) is 5.04. The zero-order valence-electron chi connectivity index (χ0n) is 17.7. The van der Waals surface area contributed by atoms with E-state index < -0.39 is 0 Å². The van der Waals surface area contributed by atoms with E-state index in [0.29, 0.717) is 5.92 Å². The molecule has 1 aliphatic heterocycles. The van der Waals surface area contributed by atoms with Gasteiger partial charge >= 0.3 is 0 Å². The Morgan fingerprint density at radius 2 is 2.00 bits per heavy atom. The number of hydrogen-bond donors (Lipinski definition) is 1. The quantitative estimate of drug-likeness (QED) is 0.237. The Hall–Kier alpha value is -0.830. The van der Waals surface area contributed by atoms with Crippen molar-refractivity contribution >= 4 is 29.9 Å². The predicted octanol–water partition coefficient (Wildman–Crippen LogP) is 3.31. The second-order valence-electron chi connectivity index (χ2n) is 7.69. The van der Waals surface area contributed by atoms with E-state index in [0.717, 1.165) is 32.1 Å². The van der Waals surface area contributed by atoms with Gasteiger partial charge < -0.3 is 15.1 Å². The van der Waals surface area contributed by atoms with Crippen LogP contribution in [-0.2, 0) is 7.05 Å². The molecule has 0 amide bonds. The molecule has 1 aliphatic rings. The zero-order valence-corrected chi connectivity index (χ0v) is 20.0. The summed E-state index contributed by atoms with van der Waals surface area (Å²) in [6, 6.07) is 0. The van der Waals surface area contributed by atoms with Crippen LogP contribution in [0, 0.1) is 0 Å². The van der Waals surface area contributed by atoms with Crippen LogP contribution in [0.1, 0.15) is 56.9 Å². The van der Waals surface area contributed by atoms with E-state index in [1.54, 1.807) is 0 Å². The highest BCUT2D eigenvalue weighted by atomic mass is 127. The lowest BCUT2D eigenvalue weighted by Gasteiger charge is -2.21. The molecule has 0 aromatic carbocycles. The van der Waals surface area contributed by atoms with E-state index >= 15 is 0 Å². The number of nitrogens with zero attached hydrogens (tertiary/aromatic N) is 5. The predicted molar refractivity (Wildman–Crippen MR) is 125 cm³/mol. The topological polar surface area (TPSA) is 48.7 Å². The van der Waals surface area contributed by atoms with Crippen molar-refractivity contribution in [2.24, 2.45) is 12.0 Å². The summed E-state index contributed by atoms with van der Waals surface area (Å²) in [6.07, 6.45) is 11.8. The molecule has 0 bridgehead atoms. The number of guanidine groups is 1. The van der Waals surface area contributed by atoms with Crippen LogP contribution < -0.4 is 5.32 Å². The minimum absolute atomic E-state index is 0. The number of halogens is 1. The highest BCUT2D eigenvalue weighted by Crippen LogP contribution is 2.26. The SMILES string of the molecule is CCNC(=NCCCCCCCN(C)C)N1CCC(c2cnn(C)c2)C1.I. The minimum atomic E-state index is 0. The van der Waals surface area contributed by atoms with E-state index in [1.165, 1.54) is 50.6 Å². The molecule has 1 N–H and O–H groups in total. The fourth-order valence-electron chi connectivity index (χ4n) is 3.56. The highest BCUT2D eigenvalue weighted by molar-refractivity contribution is 14.0. The van der Waals surface area contributed by atoms with Crippen molar-refractivity contribution in [3.63, 3.8) is 0 Å². The summed E-state index contributed by atoms with van der Waals surface area (Å²) in [5.41, 5.74) is 1.35. The maximum Gasteiger partial charge on any atom is 0.193 e. The summed E-state index contributed by atoms with van der Waals surface area (Å²) in [5.74, 6) is 1.66. The van der Waals surface area contributed by atoms with E-state index in [9.17, 15) is 0 Å². The van der Waals surface area contributed by atoms with Crippen LogP contribution in [0.2, 0.25) is 0 Å². The summed E-state index contributed by atoms with van der Waals surface area (Å²) >= 11 is 0. The van der Waals surface area contributed by atoms with Crippen molar-refractivity contribution in [2.75, 3.05) is 46.8 Å². The van der Waals surface area contributed by atoms with Gasteiger partial charge in [-0.25, -0.2) is 0 Å². The molecular weight excluding hydrogens is 451 g/mol. The van der Waals surface area contributed by atoms with Crippen molar-refractivity contribution in [3.8, 4) is 0 Å².